The van der Waals surface area contributed by atoms with Crippen molar-refractivity contribution in [1.82, 2.24) is 4.72 Å². The van der Waals surface area contributed by atoms with Gasteiger partial charge in [-0.2, -0.15) is 0 Å². The van der Waals surface area contributed by atoms with Crippen molar-refractivity contribution in [3.05, 3.63) is 54.1 Å². The largest absolute Gasteiger partial charge is 0.492 e. The summed E-state index contributed by atoms with van der Waals surface area (Å²) in [6.07, 6.45) is 0. The fraction of sp³-hybridized carbons (Fsp3) is 0.200. The molecule has 0 aliphatic carbocycles. The molecule has 6 heteroatoms. The summed E-state index contributed by atoms with van der Waals surface area (Å²) in [5.41, 5.74) is 7.15. The maximum Gasteiger partial charge on any atom is 0.240 e. The highest BCUT2D eigenvalue weighted by atomic mass is 32.2. The van der Waals surface area contributed by atoms with Gasteiger partial charge in [-0.3, -0.25) is 0 Å². The maximum absolute atomic E-state index is 12.0. The van der Waals surface area contributed by atoms with E-state index in [0.29, 0.717) is 5.69 Å². The highest BCUT2D eigenvalue weighted by Gasteiger charge is 2.12. The molecule has 112 valence electrons. The summed E-state index contributed by atoms with van der Waals surface area (Å²) >= 11 is 0. The molecule has 0 saturated heterocycles. The van der Waals surface area contributed by atoms with Gasteiger partial charge in [-0.15, -0.1) is 0 Å². The number of benzene rings is 2. The average molecular weight is 306 g/mol. The molecule has 0 aliphatic heterocycles. The Bertz CT molecular complexity index is 697. The minimum Gasteiger partial charge on any atom is -0.492 e. The number of nitrogen functional groups attached to an aromatic ring is 1. The van der Waals surface area contributed by atoms with Gasteiger partial charge in [0.25, 0.3) is 0 Å². The zero-order valence-corrected chi connectivity index (χ0v) is 12.6. The number of nitrogens with two attached hydrogens (primary N) is 1. The number of hydrogen-bond acceptors (Lipinski definition) is 4. The monoisotopic (exact) mass is 306 g/mol. The fourth-order valence-electron chi connectivity index (χ4n) is 1.78. The average Bonchev–Trinajstić information content (AvgIpc) is 2.44. The van der Waals surface area contributed by atoms with Crippen LogP contribution in [0.1, 0.15) is 5.56 Å². The van der Waals surface area contributed by atoms with Gasteiger partial charge in [0.15, 0.2) is 0 Å². The molecular weight excluding hydrogens is 288 g/mol. The number of sulfonamides is 1. The van der Waals surface area contributed by atoms with Gasteiger partial charge in [0.05, 0.1) is 4.90 Å². The molecule has 0 atom stereocenters. The summed E-state index contributed by atoms with van der Waals surface area (Å²) < 4.78 is 32.0. The van der Waals surface area contributed by atoms with Crippen molar-refractivity contribution in [3.8, 4) is 5.75 Å². The summed E-state index contributed by atoms with van der Waals surface area (Å²) in [7, 11) is -3.53. The second kappa shape index (κ2) is 6.60. The van der Waals surface area contributed by atoms with Crippen LogP contribution in [0.2, 0.25) is 0 Å². The van der Waals surface area contributed by atoms with Crippen LogP contribution in [0.4, 0.5) is 5.69 Å². The van der Waals surface area contributed by atoms with Crippen LogP contribution in [0.3, 0.4) is 0 Å². The van der Waals surface area contributed by atoms with Crippen molar-refractivity contribution in [2.75, 3.05) is 18.9 Å². The van der Waals surface area contributed by atoms with Crippen molar-refractivity contribution >= 4 is 15.7 Å². The first-order valence-electron chi connectivity index (χ1n) is 6.52. The van der Waals surface area contributed by atoms with Crippen LogP contribution in [0, 0.1) is 6.92 Å². The summed E-state index contributed by atoms with van der Waals surface area (Å²) in [6, 6.07) is 13.6. The summed E-state index contributed by atoms with van der Waals surface area (Å²) in [5.74, 6) is 0.724. The third-order valence-electron chi connectivity index (χ3n) is 2.84. The molecule has 0 amide bonds. The minimum absolute atomic E-state index is 0.187. The Labute approximate surface area is 124 Å². The van der Waals surface area contributed by atoms with E-state index in [1.165, 1.54) is 12.1 Å². The first-order chi connectivity index (χ1) is 9.97. The predicted molar refractivity (Wildman–Crippen MR) is 82.7 cm³/mol. The first-order valence-corrected chi connectivity index (χ1v) is 8.00. The van der Waals surface area contributed by atoms with E-state index in [-0.39, 0.29) is 18.0 Å². The second-order valence-corrected chi connectivity index (χ2v) is 6.40. The molecule has 5 nitrogen and oxygen atoms in total. The zero-order valence-electron chi connectivity index (χ0n) is 11.7. The Morgan fingerprint density at radius 3 is 2.52 bits per heavy atom. The van der Waals surface area contributed by atoms with Crippen LogP contribution in [0.25, 0.3) is 0 Å². The van der Waals surface area contributed by atoms with Gasteiger partial charge in [0, 0.05) is 12.2 Å². The number of nitrogens with one attached hydrogen (secondary N) is 1. The normalized spacial score (nSPS) is 11.3. The highest BCUT2D eigenvalue weighted by molar-refractivity contribution is 7.89. The van der Waals surface area contributed by atoms with Crippen molar-refractivity contribution in [3.63, 3.8) is 0 Å². The van der Waals surface area contributed by atoms with E-state index in [1.54, 1.807) is 12.1 Å². The molecule has 0 heterocycles. The Kier molecular flexibility index (Phi) is 4.82. The molecule has 0 aromatic heterocycles. The molecule has 2 aromatic rings. The number of rotatable bonds is 6. The molecule has 0 bridgehead atoms. The summed E-state index contributed by atoms with van der Waals surface area (Å²) in [6.45, 7) is 2.43. The van der Waals surface area contributed by atoms with E-state index in [2.05, 4.69) is 4.72 Å². The van der Waals surface area contributed by atoms with Crippen molar-refractivity contribution < 1.29 is 13.2 Å². The fourth-order valence-corrected chi connectivity index (χ4v) is 2.79. The molecule has 21 heavy (non-hydrogen) atoms. The van der Waals surface area contributed by atoms with Gasteiger partial charge in [-0.25, -0.2) is 13.1 Å². The Morgan fingerprint density at radius 2 is 1.86 bits per heavy atom. The molecule has 0 unspecified atom stereocenters. The molecule has 2 rings (SSSR count). The lowest BCUT2D eigenvalue weighted by molar-refractivity contribution is 0.322. The predicted octanol–water partition coefficient (Wildman–Crippen LogP) is 1.93. The van der Waals surface area contributed by atoms with E-state index in [9.17, 15) is 8.42 Å². The van der Waals surface area contributed by atoms with Crippen LogP contribution < -0.4 is 15.2 Å². The van der Waals surface area contributed by atoms with Gasteiger partial charge >= 0.3 is 0 Å². The molecular formula is C15H18N2O3S. The molecule has 0 aliphatic rings. The van der Waals surface area contributed by atoms with Gasteiger partial charge < -0.3 is 10.5 Å². The lowest BCUT2D eigenvalue weighted by atomic mass is 10.2. The van der Waals surface area contributed by atoms with Crippen LogP contribution in [-0.4, -0.2) is 21.6 Å². The number of anilines is 1. The second-order valence-electron chi connectivity index (χ2n) is 4.63. The first kappa shape index (κ1) is 15.3. The van der Waals surface area contributed by atoms with Gasteiger partial charge in [0.2, 0.25) is 10.0 Å². The van der Waals surface area contributed by atoms with E-state index >= 15 is 0 Å². The zero-order chi connectivity index (χ0) is 15.3. The minimum atomic E-state index is -3.53. The quantitative estimate of drug-likeness (QED) is 0.631. The number of aryl methyl sites for hydroxylation is 1. The molecule has 0 fully saturated rings. The lowest BCUT2D eigenvalue weighted by Crippen LogP contribution is -2.28. The van der Waals surface area contributed by atoms with E-state index < -0.39 is 10.0 Å². The van der Waals surface area contributed by atoms with Gasteiger partial charge in [0.1, 0.15) is 12.4 Å². The van der Waals surface area contributed by atoms with Crippen LogP contribution >= 0.6 is 0 Å². The lowest BCUT2D eigenvalue weighted by Gasteiger charge is -2.09. The standard InChI is InChI=1S/C15H18N2O3S/c1-12-3-2-4-14(11-12)20-10-9-17-21(18,19)15-7-5-13(16)6-8-15/h2-8,11,17H,9-10,16H2,1H3. The third-order valence-corrected chi connectivity index (χ3v) is 4.32. The Balaban J connectivity index is 1.86. The van der Waals surface area contributed by atoms with Crippen LogP contribution in [0.5, 0.6) is 5.75 Å². The molecule has 0 saturated carbocycles. The van der Waals surface area contributed by atoms with Crippen LogP contribution in [-0.2, 0) is 10.0 Å². The van der Waals surface area contributed by atoms with E-state index in [4.69, 9.17) is 10.5 Å². The Morgan fingerprint density at radius 1 is 1.14 bits per heavy atom. The molecule has 0 radical (unpaired) electrons. The molecule has 0 spiro atoms. The van der Waals surface area contributed by atoms with E-state index in [1.807, 2.05) is 31.2 Å². The topological polar surface area (TPSA) is 81.4 Å². The Hall–Kier alpha value is -2.05. The van der Waals surface area contributed by atoms with E-state index in [0.717, 1.165) is 11.3 Å². The SMILES string of the molecule is Cc1cccc(OCCNS(=O)(=O)c2ccc(N)cc2)c1. The number of ether oxygens (including phenoxy) is 1. The number of hydrogen-bond donors (Lipinski definition) is 2. The summed E-state index contributed by atoms with van der Waals surface area (Å²) in [5, 5.41) is 0. The maximum atomic E-state index is 12.0. The van der Waals surface area contributed by atoms with Crippen molar-refractivity contribution in [1.29, 1.82) is 0 Å². The van der Waals surface area contributed by atoms with Gasteiger partial charge in [-0.05, 0) is 48.9 Å². The molecule has 3 N–H and O–H groups in total. The highest BCUT2D eigenvalue weighted by Crippen LogP contribution is 2.13. The van der Waals surface area contributed by atoms with Crippen molar-refractivity contribution in [2.45, 2.75) is 11.8 Å². The third kappa shape index (κ3) is 4.47. The van der Waals surface area contributed by atoms with Gasteiger partial charge in [-0.1, -0.05) is 12.1 Å². The molecule has 2 aromatic carbocycles. The van der Waals surface area contributed by atoms with Crippen LogP contribution in [0.15, 0.2) is 53.4 Å². The smallest absolute Gasteiger partial charge is 0.240 e. The van der Waals surface area contributed by atoms with Crippen molar-refractivity contribution in [2.24, 2.45) is 0 Å². The summed E-state index contributed by atoms with van der Waals surface area (Å²) in [4.78, 5) is 0.187.